The van der Waals surface area contributed by atoms with Crippen molar-refractivity contribution in [2.24, 2.45) is 0 Å². The van der Waals surface area contributed by atoms with Crippen LogP contribution in [-0.2, 0) is 9.53 Å². The van der Waals surface area contributed by atoms with E-state index in [0.29, 0.717) is 6.07 Å². The smallest absolute Gasteiger partial charge is 0.343 e. The minimum Gasteiger partial charge on any atom is -0.462 e. The van der Waals surface area contributed by atoms with E-state index in [0.717, 1.165) is 6.07 Å². The summed E-state index contributed by atoms with van der Waals surface area (Å²) >= 11 is 2.88. The molecule has 7 heteroatoms. The number of carbonyl (C=O) groups is 2. The van der Waals surface area contributed by atoms with Crippen LogP contribution < -0.4 is 0 Å². The minimum absolute atomic E-state index is 0.0692. The number of benzene rings is 1. The molecule has 0 saturated heterocycles. The monoisotopic (exact) mass is 361 g/mol. The number of hydrogen-bond donors (Lipinski definition) is 0. The number of esters is 1. The first-order valence-corrected chi connectivity index (χ1v) is 6.81. The maximum absolute atomic E-state index is 13.8. The zero-order valence-corrected chi connectivity index (χ0v) is 13.3. The van der Waals surface area contributed by atoms with E-state index >= 15 is 0 Å². The average Bonchev–Trinajstić information content (AvgIpc) is 2.39. The Hall–Kier alpha value is -1.76. The fourth-order valence-corrected chi connectivity index (χ4v) is 1.86. The van der Waals surface area contributed by atoms with Gasteiger partial charge in [-0.25, -0.2) is 13.6 Å². The second-order valence-electron chi connectivity index (χ2n) is 4.30. The molecule has 0 saturated carbocycles. The number of carbonyl (C=O) groups excluding carboxylic acids is 2. The molecule has 0 heterocycles. The standard InChI is InChI=1S/C14H14BrF2NO3/c1-4-21-14(20)9(7-18(2)3)13(19)8-5-10(15)12(17)6-11(8)16/h5-7H,4H2,1-3H3/b9-7-. The molecule has 0 aliphatic rings. The van der Waals surface area contributed by atoms with Crippen LogP contribution in [0.3, 0.4) is 0 Å². The van der Waals surface area contributed by atoms with Gasteiger partial charge in [0.25, 0.3) is 0 Å². The summed E-state index contributed by atoms with van der Waals surface area (Å²) in [6, 6.07) is 1.57. The highest BCUT2D eigenvalue weighted by molar-refractivity contribution is 9.10. The molecule has 1 rings (SSSR count). The third-order valence-corrected chi connectivity index (χ3v) is 2.99. The molecule has 0 bridgehead atoms. The second kappa shape index (κ2) is 7.31. The fraction of sp³-hybridized carbons (Fsp3) is 0.286. The van der Waals surface area contributed by atoms with Crippen LogP contribution in [0, 0.1) is 11.6 Å². The molecule has 0 aromatic heterocycles. The van der Waals surface area contributed by atoms with E-state index in [1.807, 2.05) is 0 Å². The SMILES string of the molecule is CCOC(=O)/C(=C\N(C)C)C(=O)c1cc(Br)c(F)cc1F. The number of rotatable bonds is 5. The van der Waals surface area contributed by atoms with Crippen molar-refractivity contribution in [1.82, 2.24) is 4.90 Å². The van der Waals surface area contributed by atoms with E-state index < -0.39 is 29.0 Å². The molecule has 0 amide bonds. The molecule has 4 nitrogen and oxygen atoms in total. The topological polar surface area (TPSA) is 46.6 Å². The highest BCUT2D eigenvalue weighted by Gasteiger charge is 2.25. The largest absolute Gasteiger partial charge is 0.462 e. The molecule has 114 valence electrons. The van der Waals surface area contributed by atoms with Gasteiger partial charge in [-0.05, 0) is 28.9 Å². The van der Waals surface area contributed by atoms with Gasteiger partial charge in [0, 0.05) is 26.4 Å². The van der Waals surface area contributed by atoms with Crippen molar-refractivity contribution in [3.63, 3.8) is 0 Å². The number of ether oxygens (including phenoxy) is 1. The summed E-state index contributed by atoms with van der Waals surface area (Å²) in [5.41, 5.74) is -0.747. The van der Waals surface area contributed by atoms with Gasteiger partial charge in [0.2, 0.25) is 5.78 Å². The van der Waals surface area contributed by atoms with Gasteiger partial charge < -0.3 is 9.64 Å². The molecule has 21 heavy (non-hydrogen) atoms. The van der Waals surface area contributed by atoms with Crippen LogP contribution in [0.4, 0.5) is 8.78 Å². The van der Waals surface area contributed by atoms with Gasteiger partial charge in [0.1, 0.15) is 17.2 Å². The molecule has 0 radical (unpaired) electrons. The lowest BCUT2D eigenvalue weighted by atomic mass is 10.0. The summed E-state index contributed by atoms with van der Waals surface area (Å²) in [4.78, 5) is 25.6. The maximum atomic E-state index is 13.8. The Kier molecular flexibility index (Phi) is 6.02. The van der Waals surface area contributed by atoms with Crippen LogP contribution in [0.2, 0.25) is 0 Å². The highest BCUT2D eigenvalue weighted by Crippen LogP contribution is 2.22. The first-order chi connectivity index (χ1) is 9.77. The van der Waals surface area contributed by atoms with Crippen molar-refractivity contribution in [1.29, 1.82) is 0 Å². The van der Waals surface area contributed by atoms with Gasteiger partial charge in [-0.15, -0.1) is 0 Å². The Morgan fingerprint density at radius 1 is 1.29 bits per heavy atom. The summed E-state index contributed by atoms with van der Waals surface area (Å²) in [6.07, 6.45) is 1.23. The quantitative estimate of drug-likeness (QED) is 0.202. The van der Waals surface area contributed by atoms with E-state index in [1.54, 1.807) is 21.0 Å². The maximum Gasteiger partial charge on any atom is 0.343 e. The van der Waals surface area contributed by atoms with E-state index in [1.165, 1.54) is 11.1 Å². The Morgan fingerprint density at radius 2 is 1.90 bits per heavy atom. The van der Waals surface area contributed by atoms with Crippen LogP contribution >= 0.6 is 15.9 Å². The Balaban J connectivity index is 3.30. The molecule has 0 fully saturated rings. The minimum atomic E-state index is -1.05. The van der Waals surface area contributed by atoms with Crippen molar-refractivity contribution < 1.29 is 23.1 Å². The molecule has 1 aromatic rings. The van der Waals surface area contributed by atoms with Crippen molar-refractivity contribution in [3.8, 4) is 0 Å². The molecular weight excluding hydrogens is 348 g/mol. The predicted octanol–water partition coefficient (Wildman–Crippen LogP) is 2.92. The van der Waals surface area contributed by atoms with Crippen molar-refractivity contribution in [2.45, 2.75) is 6.92 Å². The third-order valence-electron chi connectivity index (χ3n) is 2.38. The van der Waals surface area contributed by atoms with Crippen LogP contribution in [-0.4, -0.2) is 37.4 Å². The number of ketones is 1. The normalized spacial score (nSPS) is 11.2. The van der Waals surface area contributed by atoms with Crippen molar-refractivity contribution in [2.75, 3.05) is 20.7 Å². The van der Waals surface area contributed by atoms with Crippen molar-refractivity contribution >= 4 is 27.7 Å². The van der Waals surface area contributed by atoms with E-state index in [-0.39, 0.29) is 16.7 Å². The van der Waals surface area contributed by atoms with Gasteiger partial charge in [-0.2, -0.15) is 0 Å². The van der Waals surface area contributed by atoms with E-state index in [9.17, 15) is 18.4 Å². The van der Waals surface area contributed by atoms with Gasteiger partial charge in [-0.3, -0.25) is 4.79 Å². The molecule has 0 aliphatic heterocycles. The third kappa shape index (κ3) is 4.35. The summed E-state index contributed by atoms with van der Waals surface area (Å²) in [7, 11) is 3.20. The highest BCUT2D eigenvalue weighted by atomic mass is 79.9. The first-order valence-electron chi connectivity index (χ1n) is 6.02. The summed E-state index contributed by atoms with van der Waals surface area (Å²) in [5.74, 6) is -3.62. The number of hydrogen-bond acceptors (Lipinski definition) is 4. The number of Topliss-reactive ketones (excluding diaryl/α,β-unsaturated/α-hetero) is 1. The summed E-state index contributed by atoms with van der Waals surface area (Å²) in [6.45, 7) is 1.66. The van der Waals surface area contributed by atoms with Crippen LogP contribution in [0.25, 0.3) is 0 Å². The number of halogens is 3. The van der Waals surface area contributed by atoms with E-state index in [2.05, 4.69) is 15.9 Å². The Labute approximate surface area is 129 Å². The van der Waals surface area contributed by atoms with Gasteiger partial charge in [0.05, 0.1) is 16.6 Å². The van der Waals surface area contributed by atoms with Crippen LogP contribution in [0.15, 0.2) is 28.4 Å². The Morgan fingerprint density at radius 3 is 2.43 bits per heavy atom. The zero-order chi connectivity index (χ0) is 16.2. The predicted molar refractivity (Wildman–Crippen MR) is 76.8 cm³/mol. The van der Waals surface area contributed by atoms with Crippen molar-refractivity contribution in [3.05, 3.63) is 45.6 Å². The lowest BCUT2D eigenvalue weighted by Crippen LogP contribution is -2.20. The molecular formula is C14H14BrF2NO3. The van der Waals surface area contributed by atoms with Crippen LogP contribution in [0.5, 0.6) is 0 Å². The molecule has 1 aromatic carbocycles. The van der Waals surface area contributed by atoms with E-state index in [4.69, 9.17) is 4.74 Å². The summed E-state index contributed by atoms with van der Waals surface area (Å²) in [5, 5.41) is 0. The van der Waals surface area contributed by atoms with Gasteiger partial charge in [0.15, 0.2) is 0 Å². The molecule has 0 aliphatic carbocycles. The fourth-order valence-electron chi connectivity index (χ4n) is 1.51. The lowest BCUT2D eigenvalue weighted by molar-refractivity contribution is -0.138. The second-order valence-corrected chi connectivity index (χ2v) is 5.16. The first kappa shape index (κ1) is 17.3. The lowest BCUT2D eigenvalue weighted by Gasteiger charge is -2.11. The Bertz CT molecular complexity index is 600. The zero-order valence-electron chi connectivity index (χ0n) is 11.7. The van der Waals surface area contributed by atoms with Crippen LogP contribution in [0.1, 0.15) is 17.3 Å². The molecule has 0 atom stereocenters. The molecule has 0 spiro atoms. The van der Waals surface area contributed by atoms with Gasteiger partial charge in [-0.1, -0.05) is 0 Å². The molecule has 0 unspecified atom stereocenters. The molecule has 0 N–H and O–H groups in total. The summed E-state index contributed by atoms with van der Waals surface area (Å²) < 4.78 is 31.7. The number of nitrogens with zero attached hydrogens (tertiary/aromatic N) is 1. The van der Waals surface area contributed by atoms with Gasteiger partial charge >= 0.3 is 5.97 Å². The average molecular weight is 362 g/mol.